The van der Waals surface area contributed by atoms with Gasteiger partial charge in [0, 0.05) is 5.56 Å². The second-order valence-corrected chi connectivity index (χ2v) is 6.60. The Kier molecular flexibility index (Phi) is 6.40. The first kappa shape index (κ1) is 17.4. The van der Waals surface area contributed by atoms with Crippen molar-refractivity contribution in [3.8, 4) is 0 Å². The summed E-state index contributed by atoms with van der Waals surface area (Å²) in [6.45, 7) is 1.77. The van der Waals surface area contributed by atoms with Crippen molar-refractivity contribution in [1.29, 1.82) is 0 Å². The maximum Gasteiger partial charge on any atom is 0.253 e. The molecule has 0 spiro atoms. The molecule has 0 heterocycles. The van der Waals surface area contributed by atoms with Gasteiger partial charge in [0.1, 0.15) is 12.0 Å². The Morgan fingerprint density at radius 3 is 2.30 bits per heavy atom. The summed E-state index contributed by atoms with van der Waals surface area (Å²) < 4.78 is -1.90. The Bertz CT molecular complexity index is 502. The molecular formula is C12H12Cl4N2O2. The first-order valence-electron chi connectivity index (χ1n) is 5.54. The van der Waals surface area contributed by atoms with E-state index in [0.717, 1.165) is 5.56 Å². The molecule has 1 rings (SSSR count). The molecule has 8 heteroatoms. The lowest BCUT2D eigenvalue weighted by molar-refractivity contribution is -0.119. The van der Waals surface area contributed by atoms with Gasteiger partial charge in [-0.25, -0.2) is 0 Å². The largest absolute Gasteiger partial charge is 0.331 e. The number of rotatable bonds is 4. The summed E-state index contributed by atoms with van der Waals surface area (Å²) >= 11 is 22.6. The van der Waals surface area contributed by atoms with Crippen molar-refractivity contribution in [3.05, 3.63) is 35.4 Å². The first-order chi connectivity index (χ1) is 9.25. The minimum absolute atomic E-state index is 0.308. The number of hydrogen-bond acceptors (Lipinski definition) is 2. The maximum atomic E-state index is 12.1. The van der Waals surface area contributed by atoms with Crippen LogP contribution in [0.4, 0.5) is 0 Å². The van der Waals surface area contributed by atoms with Crippen LogP contribution in [0.25, 0.3) is 0 Å². The highest BCUT2D eigenvalue weighted by Crippen LogP contribution is 2.29. The van der Waals surface area contributed by atoms with Crippen LogP contribution in [0.5, 0.6) is 0 Å². The standard InChI is InChI=1S/C12H12Cl4N2O2/c1-7-4-2-3-5-8(7)10(20)18-11(12(14,15)16)17-9(19)6-13/h2-5,11H,6H2,1H3,(H,17,19)(H,18,20). The van der Waals surface area contributed by atoms with Gasteiger partial charge in [-0.1, -0.05) is 53.0 Å². The number of benzene rings is 1. The molecule has 4 nitrogen and oxygen atoms in total. The molecule has 0 aromatic heterocycles. The monoisotopic (exact) mass is 356 g/mol. The number of alkyl halides is 4. The zero-order valence-corrected chi connectivity index (χ0v) is 13.4. The maximum absolute atomic E-state index is 12.1. The van der Waals surface area contributed by atoms with Crippen molar-refractivity contribution >= 4 is 58.2 Å². The fraction of sp³-hybridized carbons (Fsp3) is 0.333. The number of halogens is 4. The van der Waals surface area contributed by atoms with E-state index in [2.05, 4.69) is 10.6 Å². The molecule has 1 aromatic rings. The number of hydrogen-bond donors (Lipinski definition) is 2. The third kappa shape index (κ3) is 5.02. The number of nitrogens with one attached hydrogen (secondary N) is 2. The number of aryl methyl sites for hydroxylation is 1. The molecule has 2 amide bonds. The van der Waals surface area contributed by atoms with Crippen LogP contribution in [0.3, 0.4) is 0 Å². The van der Waals surface area contributed by atoms with Gasteiger partial charge in [-0.2, -0.15) is 0 Å². The van der Waals surface area contributed by atoms with E-state index in [4.69, 9.17) is 46.4 Å². The van der Waals surface area contributed by atoms with Crippen molar-refractivity contribution in [2.75, 3.05) is 5.88 Å². The molecule has 1 atom stereocenters. The van der Waals surface area contributed by atoms with Crippen LogP contribution in [0.2, 0.25) is 0 Å². The Balaban J connectivity index is 2.88. The molecule has 0 bridgehead atoms. The molecule has 1 aromatic carbocycles. The molecule has 0 saturated heterocycles. The average Bonchev–Trinajstić information content (AvgIpc) is 2.37. The smallest absolute Gasteiger partial charge is 0.253 e. The van der Waals surface area contributed by atoms with Gasteiger partial charge in [0.05, 0.1) is 0 Å². The molecule has 1 unspecified atom stereocenters. The Morgan fingerprint density at radius 1 is 1.20 bits per heavy atom. The van der Waals surface area contributed by atoms with Crippen LogP contribution in [0.1, 0.15) is 15.9 Å². The molecule has 0 radical (unpaired) electrons. The van der Waals surface area contributed by atoms with Crippen molar-refractivity contribution in [2.24, 2.45) is 0 Å². The van der Waals surface area contributed by atoms with Crippen LogP contribution < -0.4 is 10.6 Å². The normalized spacial score (nSPS) is 12.7. The van der Waals surface area contributed by atoms with Gasteiger partial charge < -0.3 is 10.6 Å². The molecular weight excluding hydrogens is 346 g/mol. The summed E-state index contributed by atoms with van der Waals surface area (Å²) in [6.07, 6.45) is -1.19. The second-order valence-electron chi connectivity index (χ2n) is 3.96. The lowest BCUT2D eigenvalue weighted by atomic mass is 10.1. The molecule has 20 heavy (non-hydrogen) atoms. The molecule has 0 aliphatic carbocycles. The second kappa shape index (κ2) is 7.36. The Morgan fingerprint density at radius 2 is 1.80 bits per heavy atom. The SMILES string of the molecule is Cc1ccccc1C(=O)NC(NC(=O)CCl)C(Cl)(Cl)Cl. The summed E-state index contributed by atoms with van der Waals surface area (Å²) in [5.41, 5.74) is 1.18. The van der Waals surface area contributed by atoms with E-state index >= 15 is 0 Å². The zero-order valence-electron chi connectivity index (χ0n) is 10.4. The van der Waals surface area contributed by atoms with Gasteiger partial charge in [0.25, 0.3) is 5.91 Å². The molecule has 2 N–H and O–H groups in total. The summed E-state index contributed by atoms with van der Waals surface area (Å²) in [5, 5.41) is 4.78. The Hall–Kier alpha value is -0.680. The summed E-state index contributed by atoms with van der Waals surface area (Å²) in [7, 11) is 0. The average molecular weight is 358 g/mol. The molecule has 0 saturated carbocycles. The highest BCUT2D eigenvalue weighted by Gasteiger charge is 2.35. The minimum atomic E-state index is -1.90. The quantitative estimate of drug-likeness (QED) is 0.643. The molecule has 0 aliphatic heterocycles. The van der Waals surface area contributed by atoms with E-state index < -0.39 is 21.8 Å². The van der Waals surface area contributed by atoms with Gasteiger partial charge in [-0.05, 0) is 18.6 Å². The van der Waals surface area contributed by atoms with E-state index in [1.807, 2.05) is 0 Å². The third-order valence-electron chi connectivity index (χ3n) is 2.42. The van der Waals surface area contributed by atoms with Crippen LogP contribution in [-0.4, -0.2) is 27.7 Å². The van der Waals surface area contributed by atoms with Crippen LogP contribution in [0.15, 0.2) is 24.3 Å². The van der Waals surface area contributed by atoms with E-state index in [9.17, 15) is 9.59 Å². The number of carbonyl (C=O) groups excluding carboxylic acids is 2. The predicted molar refractivity (Wildman–Crippen MR) is 81.6 cm³/mol. The minimum Gasteiger partial charge on any atom is -0.331 e. The topological polar surface area (TPSA) is 58.2 Å². The van der Waals surface area contributed by atoms with E-state index in [1.165, 1.54) is 0 Å². The highest BCUT2D eigenvalue weighted by atomic mass is 35.6. The van der Waals surface area contributed by atoms with Crippen LogP contribution in [-0.2, 0) is 4.79 Å². The van der Waals surface area contributed by atoms with Crippen LogP contribution >= 0.6 is 46.4 Å². The third-order valence-corrected chi connectivity index (χ3v) is 3.32. The molecule has 110 valence electrons. The van der Waals surface area contributed by atoms with Gasteiger partial charge in [-0.3, -0.25) is 9.59 Å². The zero-order chi connectivity index (χ0) is 15.3. The van der Waals surface area contributed by atoms with Crippen molar-refractivity contribution in [3.63, 3.8) is 0 Å². The fourth-order valence-electron chi connectivity index (χ4n) is 1.44. The molecule has 0 aliphatic rings. The van der Waals surface area contributed by atoms with Gasteiger partial charge in [0.15, 0.2) is 0 Å². The van der Waals surface area contributed by atoms with Crippen LogP contribution in [0, 0.1) is 6.92 Å². The van der Waals surface area contributed by atoms with Gasteiger partial charge in [-0.15, -0.1) is 11.6 Å². The van der Waals surface area contributed by atoms with Crippen molar-refractivity contribution < 1.29 is 9.59 Å². The van der Waals surface area contributed by atoms with Gasteiger partial charge >= 0.3 is 0 Å². The van der Waals surface area contributed by atoms with E-state index in [-0.39, 0.29) is 5.88 Å². The number of amides is 2. The summed E-state index contributed by atoms with van der Waals surface area (Å²) in [4.78, 5) is 23.4. The molecule has 0 fully saturated rings. The summed E-state index contributed by atoms with van der Waals surface area (Å²) in [5.74, 6) is -1.33. The van der Waals surface area contributed by atoms with E-state index in [1.54, 1.807) is 31.2 Å². The van der Waals surface area contributed by atoms with Gasteiger partial charge in [0.2, 0.25) is 9.70 Å². The van der Waals surface area contributed by atoms with Crippen molar-refractivity contribution in [1.82, 2.24) is 10.6 Å². The first-order valence-corrected chi connectivity index (χ1v) is 7.21. The lowest BCUT2D eigenvalue weighted by Crippen LogP contribution is -2.55. The summed E-state index contributed by atoms with van der Waals surface area (Å²) in [6, 6.07) is 6.91. The fourth-order valence-corrected chi connectivity index (χ4v) is 1.84. The predicted octanol–water partition coefficient (Wildman–Crippen LogP) is 2.78. The Labute approximate surface area is 136 Å². The number of carbonyl (C=O) groups is 2. The highest BCUT2D eigenvalue weighted by molar-refractivity contribution is 6.68. The lowest BCUT2D eigenvalue weighted by Gasteiger charge is -2.26. The van der Waals surface area contributed by atoms with Crippen molar-refractivity contribution in [2.45, 2.75) is 16.9 Å². The van der Waals surface area contributed by atoms with E-state index in [0.29, 0.717) is 5.56 Å².